The highest BCUT2D eigenvalue weighted by atomic mass is 35.5. The van der Waals surface area contributed by atoms with E-state index in [0.717, 1.165) is 0 Å². The number of urea groups is 1. The van der Waals surface area contributed by atoms with Crippen LogP contribution in [0, 0.1) is 0 Å². The van der Waals surface area contributed by atoms with E-state index in [4.69, 9.17) is 22.1 Å². The molecule has 0 saturated heterocycles. The third kappa shape index (κ3) is 4.12. The lowest BCUT2D eigenvalue weighted by Crippen LogP contribution is -2.38. The molecule has 0 bridgehead atoms. The Hall–Kier alpha value is -2.08. The van der Waals surface area contributed by atoms with Gasteiger partial charge in [0, 0.05) is 5.56 Å². The topological polar surface area (TPSA) is 98.5 Å². The minimum absolute atomic E-state index is 0.196. The largest absolute Gasteiger partial charge is 0.482 e. The van der Waals surface area contributed by atoms with Gasteiger partial charge in [-0.2, -0.15) is 0 Å². The number of ether oxygens (including phenoxy) is 1. The summed E-state index contributed by atoms with van der Waals surface area (Å²) in [5, 5.41) is 2.03. The van der Waals surface area contributed by atoms with Gasteiger partial charge in [0.25, 0.3) is 5.91 Å². The second-order valence-corrected chi connectivity index (χ2v) is 3.42. The summed E-state index contributed by atoms with van der Waals surface area (Å²) in [5.74, 6) is -0.454. The molecule has 0 heterocycles. The molecule has 0 radical (unpaired) electrons. The van der Waals surface area contributed by atoms with Crippen molar-refractivity contribution in [3.63, 3.8) is 0 Å². The summed E-state index contributed by atoms with van der Waals surface area (Å²) < 4.78 is 5.03. The van der Waals surface area contributed by atoms with E-state index in [-0.39, 0.29) is 10.8 Å². The maximum atomic E-state index is 11.0. The first-order valence-electron chi connectivity index (χ1n) is 4.49. The van der Waals surface area contributed by atoms with Crippen LogP contribution in [0.5, 0.6) is 5.75 Å². The molecule has 1 aromatic carbocycles. The molecular formula is C10H9ClN2O4. The lowest BCUT2D eigenvalue weighted by molar-refractivity contribution is -0.121. The second kappa shape index (κ2) is 5.86. The molecule has 0 fully saturated rings. The third-order valence-corrected chi connectivity index (χ3v) is 2.01. The van der Waals surface area contributed by atoms with E-state index in [0.29, 0.717) is 11.8 Å². The molecule has 7 heteroatoms. The zero-order valence-corrected chi connectivity index (χ0v) is 9.36. The highest BCUT2D eigenvalue weighted by Gasteiger charge is 2.07. The van der Waals surface area contributed by atoms with Crippen molar-refractivity contribution >= 4 is 29.8 Å². The van der Waals surface area contributed by atoms with E-state index in [1.807, 2.05) is 5.32 Å². The lowest BCUT2D eigenvalue weighted by Gasteiger charge is -2.07. The minimum Gasteiger partial charge on any atom is -0.482 e. The normalized spacial score (nSPS) is 9.47. The number of primary amides is 1. The molecule has 1 rings (SSSR count). The number of imide groups is 1. The molecule has 0 aliphatic carbocycles. The fraction of sp³-hybridized carbons (Fsp3) is 0.100. The van der Waals surface area contributed by atoms with Gasteiger partial charge < -0.3 is 10.5 Å². The maximum Gasteiger partial charge on any atom is 0.318 e. The predicted octanol–water partition coefficient (Wildman–Crippen LogP) is 0.726. The first kappa shape index (κ1) is 13.0. The van der Waals surface area contributed by atoms with Crippen molar-refractivity contribution in [2.75, 3.05) is 6.61 Å². The maximum absolute atomic E-state index is 11.0. The number of nitrogens with one attached hydrogen (secondary N) is 1. The van der Waals surface area contributed by atoms with Crippen molar-refractivity contribution in [3.05, 3.63) is 28.8 Å². The Morgan fingerprint density at radius 3 is 2.71 bits per heavy atom. The van der Waals surface area contributed by atoms with Gasteiger partial charge in [-0.05, 0) is 18.2 Å². The van der Waals surface area contributed by atoms with E-state index in [2.05, 4.69) is 0 Å². The average Bonchev–Trinajstić information content (AvgIpc) is 2.26. The van der Waals surface area contributed by atoms with Gasteiger partial charge in [0.05, 0.1) is 5.02 Å². The van der Waals surface area contributed by atoms with Crippen LogP contribution in [0.15, 0.2) is 18.2 Å². The van der Waals surface area contributed by atoms with Crippen LogP contribution in [0.4, 0.5) is 4.79 Å². The van der Waals surface area contributed by atoms with Gasteiger partial charge in [0.2, 0.25) is 0 Å². The van der Waals surface area contributed by atoms with Gasteiger partial charge in [-0.1, -0.05) is 11.6 Å². The standard InChI is InChI=1S/C10H9ClN2O4/c11-7-3-6(4-14)1-2-8(7)17-5-9(15)13-10(12)16/h1-4H,5H2,(H3,12,13,15,16). The van der Waals surface area contributed by atoms with Gasteiger partial charge >= 0.3 is 6.03 Å². The fourth-order valence-corrected chi connectivity index (χ4v) is 1.27. The van der Waals surface area contributed by atoms with Crippen molar-refractivity contribution < 1.29 is 19.1 Å². The molecule has 90 valence electrons. The molecule has 17 heavy (non-hydrogen) atoms. The van der Waals surface area contributed by atoms with Crippen LogP contribution in [0.1, 0.15) is 10.4 Å². The molecule has 0 atom stereocenters. The van der Waals surface area contributed by atoms with E-state index in [9.17, 15) is 14.4 Å². The van der Waals surface area contributed by atoms with Gasteiger partial charge in [0.1, 0.15) is 12.0 Å². The summed E-state index contributed by atoms with van der Waals surface area (Å²) in [6, 6.07) is 3.38. The highest BCUT2D eigenvalue weighted by Crippen LogP contribution is 2.24. The lowest BCUT2D eigenvalue weighted by atomic mass is 10.2. The minimum atomic E-state index is -0.957. The number of halogens is 1. The number of rotatable bonds is 4. The second-order valence-electron chi connectivity index (χ2n) is 3.01. The SMILES string of the molecule is NC(=O)NC(=O)COc1ccc(C=O)cc1Cl. The quantitative estimate of drug-likeness (QED) is 0.776. The predicted molar refractivity (Wildman–Crippen MR) is 60.1 cm³/mol. The average molecular weight is 257 g/mol. The molecular weight excluding hydrogens is 248 g/mol. The third-order valence-electron chi connectivity index (χ3n) is 1.71. The van der Waals surface area contributed by atoms with Gasteiger partial charge in [0.15, 0.2) is 6.61 Å². The van der Waals surface area contributed by atoms with Crippen molar-refractivity contribution in [1.82, 2.24) is 5.32 Å². The highest BCUT2D eigenvalue weighted by molar-refractivity contribution is 6.32. The van der Waals surface area contributed by atoms with E-state index >= 15 is 0 Å². The molecule has 6 nitrogen and oxygen atoms in total. The Labute approximate surface area is 102 Å². The summed E-state index contributed by atoms with van der Waals surface area (Å²) >= 11 is 5.79. The van der Waals surface area contributed by atoms with Crippen LogP contribution < -0.4 is 15.8 Å². The summed E-state index contributed by atoms with van der Waals surface area (Å²) in [5.41, 5.74) is 5.13. The molecule has 0 spiro atoms. The van der Waals surface area contributed by atoms with Crippen LogP contribution in [-0.4, -0.2) is 24.8 Å². The van der Waals surface area contributed by atoms with E-state index < -0.39 is 18.5 Å². The van der Waals surface area contributed by atoms with Crippen molar-refractivity contribution in [3.8, 4) is 5.75 Å². The molecule has 0 aromatic heterocycles. The number of hydrogen-bond donors (Lipinski definition) is 2. The van der Waals surface area contributed by atoms with E-state index in [1.165, 1.54) is 18.2 Å². The number of amides is 3. The fourth-order valence-electron chi connectivity index (χ4n) is 1.02. The number of aldehydes is 1. The van der Waals surface area contributed by atoms with Crippen molar-refractivity contribution in [2.24, 2.45) is 5.73 Å². The summed E-state index contributed by atoms with van der Waals surface area (Å²) in [6.07, 6.45) is 0.634. The van der Waals surface area contributed by atoms with Crippen molar-refractivity contribution in [1.29, 1.82) is 0 Å². The Balaban J connectivity index is 2.60. The summed E-state index contributed by atoms with van der Waals surface area (Å²) in [4.78, 5) is 31.8. The Morgan fingerprint density at radius 1 is 1.47 bits per heavy atom. The first-order chi connectivity index (χ1) is 8.02. The molecule has 1 aromatic rings. The number of benzene rings is 1. The first-order valence-corrected chi connectivity index (χ1v) is 4.87. The van der Waals surface area contributed by atoms with Crippen LogP contribution in [0.25, 0.3) is 0 Å². The molecule has 0 aliphatic heterocycles. The zero-order valence-electron chi connectivity index (χ0n) is 8.60. The van der Waals surface area contributed by atoms with Crippen LogP contribution >= 0.6 is 11.6 Å². The Morgan fingerprint density at radius 2 is 2.18 bits per heavy atom. The molecule has 0 unspecified atom stereocenters. The number of nitrogens with two attached hydrogens (primary N) is 1. The Bertz CT molecular complexity index is 462. The number of carbonyl (C=O) groups excluding carboxylic acids is 3. The van der Waals surface area contributed by atoms with Crippen LogP contribution in [0.3, 0.4) is 0 Å². The molecule has 0 saturated carbocycles. The molecule has 3 N–H and O–H groups in total. The molecule has 3 amide bonds. The summed E-state index contributed by atoms with van der Waals surface area (Å²) in [6.45, 7) is -0.400. The number of carbonyl (C=O) groups is 3. The van der Waals surface area contributed by atoms with Crippen molar-refractivity contribution in [2.45, 2.75) is 0 Å². The van der Waals surface area contributed by atoms with Crippen LogP contribution in [-0.2, 0) is 4.79 Å². The smallest absolute Gasteiger partial charge is 0.318 e. The van der Waals surface area contributed by atoms with Gasteiger partial charge in [-0.3, -0.25) is 14.9 Å². The van der Waals surface area contributed by atoms with E-state index in [1.54, 1.807) is 0 Å². The van der Waals surface area contributed by atoms with Gasteiger partial charge in [-0.25, -0.2) is 4.79 Å². The zero-order chi connectivity index (χ0) is 12.8. The monoisotopic (exact) mass is 256 g/mol. The number of hydrogen-bond acceptors (Lipinski definition) is 4. The van der Waals surface area contributed by atoms with Gasteiger partial charge in [-0.15, -0.1) is 0 Å². The van der Waals surface area contributed by atoms with Crippen LogP contribution in [0.2, 0.25) is 5.02 Å². The Kier molecular flexibility index (Phi) is 4.47. The molecule has 0 aliphatic rings. The summed E-state index contributed by atoms with van der Waals surface area (Å²) in [7, 11) is 0.